The number of hydrogen-bond acceptors (Lipinski definition) is 8. The third-order valence-electron chi connectivity index (χ3n) is 5.25. The van der Waals surface area contributed by atoms with Gasteiger partial charge in [0.15, 0.2) is 0 Å². The van der Waals surface area contributed by atoms with Gasteiger partial charge in [0, 0.05) is 50.8 Å². The van der Waals surface area contributed by atoms with Crippen molar-refractivity contribution in [2.45, 2.75) is 5.66 Å². The van der Waals surface area contributed by atoms with Gasteiger partial charge in [-0.15, -0.1) is 0 Å². The van der Waals surface area contributed by atoms with E-state index in [9.17, 15) is 10.1 Å². The largest absolute Gasteiger partial charge is 0.378 e. The smallest absolute Gasteiger partial charge is 0.272 e. The summed E-state index contributed by atoms with van der Waals surface area (Å²) < 4.78 is 5.49. The zero-order valence-corrected chi connectivity index (χ0v) is 18.1. The fourth-order valence-corrected chi connectivity index (χ4v) is 3.66. The summed E-state index contributed by atoms with van der Waals surface area (Å²) in [7, 11) is 3.42. The fourth-order valence-electron chi connectivity index (χ4n) is 3.66. The van der Waals surface area contributed by atoms with Crippen LogP contribution in [0, 0.1) is 11.3 Å². The molecule has 1 amide bonds. The number of carbonyl (C=O) groups is 1. The van der Waals surface area contributed by atoms with E-state index in [2.05, 4.69) is 26.6 Å². The predicted octanol–water partition coefficient (Wildman–Crippen LogP) is 1.48. The summed E-state index contributed by atoms with van der Waals surface area (Å²) in [5.74, 6) is 0.383. The highest BCUT2D eigenvalue weighted by Crippen LogP contribution is 2.28. The van der Waals surface area contributed by atoms with Crippen LogP contribution in [0.1, 0.15) is 11.1 Å². The molecule has 1 fully saturated rings. The lowest BCUT2D eigenvalue weighted by molar-refractivity contribution is -0.132. The van der Waals surface area contributed by atoms with E-state index >= 15 is 0 Å². The molecule has 1 aromatic carbocycles. The number of benzene rings is 1. The van der Waals surface area contributed by atoms with Gasteiger partial charge in [0.25, 0.3) is 5.91 Å². The molecule has 2 aliphatic heterocycles. The number of carbonyl (C=O) groups excluding carboxylic acids is 1. The molecule has 4 rings (SSSR count). The maximum atomic E-state index is 13.5. The number of aliphatic imine (C=N–C) groups is 1. The Morgan fingerprint density at radius 1 is 1.25 bits per heavy atom. The molecule has 2 aromatic rings. The first-order valence-corrected chi connectivity index (χ1v) is 10.3. The Hall–Kier alpha value is -3.90. The van der Waals surface area contributed by atoms with Crippen molar-refractivity contribution in [3.8, 4) is 6.07 Å². The van der Waals surface area contributed by atoms with Gasteiger partial charge >= 0.3 is 0 Å². The molecule has 32 heavy (non-hydrogen) atoms. The number of rotatable bonds is 4. The molecule has 1 saturated heterocycles. The third-order valence-corrected chi connectivity index (χ3v) is 5.25. The van der Waals surface area contributed by atoms with Crippen molar-refractivity contribution in [3.63, 3.8) is 0 Å². The second-order valence-electron chi connectivity index (χ2n) is 7.75. The highest BCUT2D eigenvalue weighted by Gasteiger charge is 2.43. The Balaban J connectivity index is 1.84. The van der Waals surface area contributed by atoms with Crippen LogP contribution in [0.2, 0.25) is 0 Å². The van der Waals surface area contributed by atoms with Crippen molar-refractivity contribution in [1.82, 2.24) is 20.1 Å². The van der Waals surface area contributed by atoms with E-state index in [0.29, 0.717) is 43.5 Å². The van der Waals surface area contributed by atoms with E-state index in [1.807, 2.05) is 12.1 Å². The van der Waals surface area contributed by atoms with Gasteiger partial charge in [-0.1, -0.05) is 12.1 Å². The fraction of sp³-hybridized carbons (Fsp3) is 0.304. The second-order valence-corrected chi connectivity index (χ2v) is 7.75. The molecule has 0 aliphatic carbocycles. The Labute approximate surface area is 187 Å². The molecule has 0 radical (unpaired) electrons. The highest BCUT2D eigenvalue weighted by molar-refractivity contribution is 6.01. The molecule has 0 spiro atoms. The minimum Gasteiger partial charge on any atom is -0.378 e. The lowest BCUT2D eigenvalue weighted by Crippen LogP contribution is -2.66. The number of nitriles is 1. The highest BCUT2D eigenvalue weighted by atomic mass is 16.5. The summed E-state index contributed by atoms with van der Waals surface area (Å²) >= 11 is 0. The minimum atomic E-state index is -1.29. The van der Waals surface area contributed by atoms with Crippen molar-refractivity contribution in [3.05, 3.63) is 66.0 Å². The van der Waals surface area contributed by atoms with Crippen LogP contribution in [0.15, 0.2) is 59.9 Å². The lowest BCUT2D eigenvalue weighted by atomic mass is 10.00. The average Bonchev–Trinajstić information content (AvgIpc) is 2.84. The maximum absolute atomic E-state index is 13.5. The molecule has 1 atom stereocenters. The number of amides is 1. The molecule has 0 bridgehead atoms. The molecule has 164 valence electrons. The number of likely N-dealkylation sites (N-methyl/N-ethyl adjacent to an activating group) is 1. The molecule has 0 saturated carbocycles. The first kappa shape index (κ1) is 21.3. The molecule has 9 nitrogen and oxygen atoms in total. The molecule has 1 unspecified atom stereocenters. The number of nitrogens with one attached hydrogen (secondary N) is 2. The quantitative estimate of drug-likeness (QED) is 0.755. The Kier molecular flexibility index (Phi) is 6.05. The Morgan fingerprint density at radius 3 is 2.69 bits per heavy atom. The zero-order chi connectivity index (χ0) is 22.6. The number of ether oxygens (including phenoxy) is 1. The molecule has 2 aliphatic rings. The second kappa shape index (κ2) is 9.08. The first-order chi connectivity index (χ1) is 15.5. The molecular formula is C23H25N7O2. The first-order valence-electron chi connectivity index (χ1n) is 10.3. The van der Waals surface area contributed by atoms with Crippen LogP contribution >= 0.6 is 0 Å². The van der Waals surface area contributed by atoms with Crippen LogP contribution in [0.5, 0.6) is 0 Å². The van der Waals surface area contributed by atoms with E-state index in [1.54, 1.807) is 56.8 Å². The number of pyridine rings is 1. The van der Waals surface area contributed by atoms with Crippen LogP contribution in [0.25, 0.3) is 5.70 Å². The van der Waals surface area contributed by atoms with Crippen molar-refractivity contribution < 1.29 is 9.53 Å². The van der Waals surface area contributed by atoms with E-state index < -0.39 is 5.66 Å². The Bertz CT molecular complexity index is 1090. The van der Waals surface area contributed by atoms with Crippen molar-refractivity contribution in [2.75, 3.05) is 45.7 Å². The van der Waals surface area contributed by atoms with E-state index in [-0.39, 0.29) is 5.91 Å². The molecule has 1 aromatic heterocycles. The van der Waals surface area contributed by atoms with Gasteiger partial charge in [-0.25, -0.2) is 4.99 Å². The number of aromatic nitrogens is 1. The molecule has 3 heterocycles. The van der Waals surface area contributed by atoms with Crippen LogP contribution in [-0.2, 0) is 9.53 Å². The van der Waals surface area contributed by atoms with Crippen molar-refractivity contribution >= 4 is 23.3 Å². The number of guanidine groups is 1. The topological polar surface area (TPSA) is 106 Å². The Morgan fingerprint density at radius 2 is 2.00 bits per heavy atom. The molecular weight excluding hydrogens is 406 g/mol. The van der Waals surface area contributed by atoms with Gasteiger partial charge in [0.1, 0.15) is 0 Å². The minimum absolute atomic E-state index is 0.191. The third kappa shape index (κ3) is 4.40. The summed E-state index contributed by atoms with van der Waals surface area (Å²) in [6, 6.07) is 13.0. The molecule has 9 heteroatoms. The number of hydrogen-bond donors (Lipinski definition) is 2. The monoisotopic (exact) mass is 431 g/mol. The van der Waals surface area contributed by atoms with Crippen molar-refractivity contribution in [2.24, 2.45) is 4.99 Å². The van der Waals surface area contributed by atoms with Crippen LogP contribution in [0.3, 0.4) is 0 Å². The SMILES string of the molecule is CN(C)C(=O)C1(Nc2ccncc2)C=C(c2cccc(C#N)c2)N=C(N2CCOCC2)N1. The van der Waals surface area contributed by atoms with Crippen LogP contribution in [0.4, 0.5) is 5.69 Å². The van der Waals surface area contributed by atoms with Crippen LogP contribution in [-0.4, -0.2) is 72.7 Å². The number of nitrogens with zero attached hydrogens (tertiary/aromatic N) is 5. The average molecular weight is 432 g/mol. The van der Waals surface area contributed by atoms with Gasteiger partial charge in [-0.05, 0) is 30.3 Å². The maximum Gasteiger partial charge on any atom is 0.272 e. The van der Waals surface area contributed by atoms with Gasteiger partial charge in [0.05, 0.1) is 30.5 Å². The predicted molar refractivity (Wildman–Crippen MR) is 121 cm³/mol. The zero-order valence-electron chi connectivity index (χ0n) is 18.1. The lowest BCUT2D eigenvalue weighted by Gasteiger charge is -2.41. The van der Waals surface area contributed by atoms with E-state index in [0.717, 1.165) is 11.3 Å². The van der Waals surface area contributed by atoms with Crippen molar-refractivity contribution in [1.29, 1.82) is 5.26 Å². The summed E-state index contributed by atoms with van der Waals surface area (Å²) in [4.78, 5) is 26.0. The van der Waals surface area contributed by atoms with E-state index in [4.69, 9.17) is 9.73 Å². The molecule has 2 N–H and O–H groups in total. The number of morpholine rings is 1. The van der Waals surface area contributed by atoms with Gasteiger partial charge < -0.3 is 25.2 Å². The normalized spacial score (nSPS) is 20.3. The summed E-state index contributed by atoms with van der Waals surface area (Å²) in [5, 5.41) is 16.1. The van der Waals surface area contributed by atoms with Gasteiger partial charge in [-0.2, -0.15) is 5.26 Å². The number of anilines is 1. The standard InChI is InChI=1S/C23H25N7O2/c1-29(2)21(31)23(27-19-6-8-25-9-7-19)15-20(18-5-3-4-17(14-18)16-24)26-22(28-23)30-10-12-32-13-11-30/h3-9,14-15H,10-13H2,1-2H3,(H,25,27)(H,26,28). The van der Waals surface area contributed by atoms with Crippen LogP contribution < -0.4 is 10.6 Å². The van der Waals surface area contributed by atoms with Gasteiger partial charge in [-0.3, -0.25) is 9.78 Å². The van der Waals surface area contributed by atoms with E-state index in [1.165, 1.54) is 4.90 Å². The summed E-state index contributed by atoms with van der Waals surface area (Å²) in [6.45, 7) is 2.46. The van der Waals surface area contributed by atoms with Gasteiger partial charge in [0.2, 0.25) is 11.6 Å². The summed E-state index contributed by atoms with van der Waals surface area (Å²) in [5.41, 5.74) is 1.31. The summed E-state index contributed by atoms with van der Waals surface area (Å²) in [6.07, 6.45) is 5.10.